The Morgan fingerprint density at radius 1 is 1.45 bits per heavy atom. The van der Waals surface area contributed by atoms with Crippen molar-refractivity contribution in [2.45, 2.75) is 13.8 Å². The zero-order chi connectivity index (χ0) is 9.11. The predicted octanol–water partition coefficient (Wildman–Crippen LogP) is 2.20. The second kappa shape index (κ2) is 11.9. The summed E-state index contributed by atoms with van der Waals surface area (Å²) < 4.78 is 0. The lowest BCUT2D eigenvalue weighted by molar-refractivity contribution is 0.163. The average molecular weight is 155 g/mol. The summed E-state index contributed by atoms with van der Waals surface area (Å²) in [6.45, 7) is 11.4. The first-order chi connectivity index (χ1) is 5.35. The zero-order valence-electron chi connectivity index (χ0n) is 7.34. The number of hydrogen-bond acceptors (Lipinski definition) is 2. The van der Waals surface area contributed by atoms with E-state index < -0.39 is 0 Å². The molecule has 2 nitrogen and oxygen atoms in total. The normalized spacial score (nSPS) is 9.55. The van der Waals surface area contributed by atoms with Crippen LogP contribution < -0.4 is 5.90 Å². The summed E-state index contributed by atoms with van der Waals surface area (Å²) in [6.07, 6.45) is 5.13. The van der Waals surface area contributed by atoms with Crippen molar-refractivity contribution in [1.82, 2.24) is 0 Å². The highest BCUT2D eigenvalue weighted by Crippen LogP contribution is 1.93. The molecule has 0 saturated carbocycles. The van der Waals surface area contributed by atoms with E-state index in [2.05, 4.69) is 18.0 Å². The van der Waals surface area contributed by atoms with Crippen LogP contribution in [-0.4, -0.2) is 6.61 Å². The van der Waals surface area contributed by atoms with Crippen LogP contribution in [0.25, 0.3) is 0 Å². The van der Waals surface area contributed by atoms with E-state index in [9.17, 15) is 0 Å². The van der Waals surface area contributed by atoms with E-state index >= 15 is 0 Å². The summed E-state index contributed by atoms with van der Waals surface area (Å²) in [6, 6.07) is 0. The molecular formula is C9H17NO. The van der Waals surface area contributed by atoms with E-state index in [1.165, 1.54) is 0 Å². The third-order valence-corrected chi connectivity index (χ3v) is 0.844. The van der Waals surface area contributed by atoms with Crippen molar-refractivity contribution in [1.29, 1.82) is 0 Å². The molecule has 0 atom stereocenters. The fourth-order valence-corrected chi connectivity index (χ4v) is 0.423. The van der Waals surface area contributed by atoms with Gasteiger partial charge in [-0.1, -0.05) is 45.2 Å². The summed E-state index contributed by atoms with van der Waals surface area (Å²) in [5, 5.41) is 0. The fraction of sp³-hybridized carbons (Fsp3) is 0.333. The lowest BCUT2D eigenvalue weighted by atomic mass is 10.2. The molecule has 2 N–H and O–H groups in total. The molecule has 0 aromatic rings. The minimum absolute atomic E-state index is 0.384. The van der Waals surface area contributed by atoms with Crippen LogP contribution >= 0.6 is 0 Å². The molecule has 0 aromatic carbocycles. The van der Waals surface area contributed by atoms with Gasteiger partial charge < -0.3 is 0 Å². The first kappa shape index (κ1) is 12.8. The Kier molecular flexibility index (Phi) is 13.8. The Hall–Kier alpha value is -0.860. The molecule has 0 aromatic heterocycles. The van der Waals surface area contributed by atoms with Crippen LogP contribution in [0.5, 0.6) is 0 Å². The van der Waals surface area contributed by atoms with Crippen molar-refractivity contribution < 1.29 is 4.84 Å². The lowest BCUT2D eigenvalue weighted by Gasteiger charge is -1.94. The van der Waals surface area contributed by atoms with Gasteiger partial charge in [0.2, 0.25) is 0 Å². The van der Waals surface area contributed by atoms with E-state index in [0.717, 1.165) is 5.57 Å². The Morgan fingerprint density at radius 3 is 2.27 bits per heavy atom. The van der Waals surface area contributed by atoms with Crippen LogP contribution in [0.3, 0.4) is 0 Å². The van der Waals surface area contributed by atoms with E-state index in [0.29, 0.717) is 6.61 Å². The second-order valence-corrected chi connectivity index (χ2v) is 1.49. The van der Waals surface area contributed by atoms with E-state index in [-0.39, 0.29) is 0 Å². The highest BCUT2D eigenvalue weighted by Gasteiger charge is 1.85. The first-order valence-electron chi connectivity index (χ1n) is 3.61. The molecule has 0 aliphatic rings. The van der Waals surface area contributed by atoms with Crippen molar-refractivity contribution in [2.75, 3.05) is 6.61 Å². The lowest BCUT2D eigenvalue weighted by Crippen LogP contribution is -2.01. The van der Waals surface area contributed by atoms with Crippen molar-refractivity contribution in [3.8, 4) is 0 Å². The van der Waals surface area contributed by atoms with E-state index in [1.54, 1.807) is 18.2 Å². The molecular weight excluding hydrogens is 138 g/mol. The molecule has 0 spiro atoms. The number of allylic oxidation sites excluding steroid dienone is 2. The number of nitrogens with two attached hydrogens (primary N) is 1. The Labute approximate surface area is 69.0 Å². The van der Waals surface area contributed by atoms with Gasteiger partial charge in [-0.15, -0.1) is 0 Å². The summed E-state index contributed by atoms with van der Waals surface area (Å²) in [5.74, 6) is 4.81. The first-order valence-corrected chi connectivity index (χ1v) is 3.61. The van der Waals surface area contributed by atoms with E-state index in [1.807, 2.05) is 13.8 Å². The summed E-state index contributed by atoms with van der Waals surface area (Å²) in [5.41, 5.74) is 0.924. The molecule has 11 heavy (non-hydrogen) atoms. The zero-order valence-corrected chi connectivity index (χ0v) is 7.34. The topological polar surface area (TPSA) is 35.2 Å². The Bertz CT molecular complexity index is 128. The van der Waals surface area contributed by atoms with Crippen molar-refractivity contribution >= 4 is 0 Å². The quantitative estimate of drug-likeness (QED) is 0.499. The molecule has 0 unspecified atom stereocenters. The maximum Gasteiger partial charge on any atom is 0.0929 e. The van der Waals surface area contributed by atoms with Crippen molar-refractivity contribution in [3.05, 3.63) is 37.0 Å². The summed E-state index contributed by atoms with van der Waals surface area (Å²) >= 11 is 0. The maximum atomic E-state index is 4.81. The molecule has 0 rings (SSSR count). The van der Waals surface area contributed by atoms with Gasteiger partial charge in [-0.05, 0) is 5.57 Å². The molecule has 0 saturated heterocycles. The van der Waals surface area contributed by atoms with Crippen LogP contribution in [0.4, 0.5) is 0 Å². The van der Waals surface area contributed by atoms with Gasteiger partial charge in [-0.3, -0.25) is 4.84 Å². The van der Waals surface area contributed by atoms with Crippen molar-refractivity contribution in [2.24, 2.45) is 5.90 Å². The SMILES string of the molecule is C=C/C=C(\C=C)CON.CC. The molecule has 0 radical (unpaired) electrons. The van der Waals surface area contributed by atoms with Crippen LogP contribution in [0.1, 0.15) is 13.8 Å². The molecule has 64 valence electrons. The predicted molar refractivity (Wildman–Crippen MR) is 50.0 cm³/mol. The van der Waals surface area contributed by atoms with Crippen LogP contribution in [-0.2, 0) is 4.84 Å². The van der Waals surface area contributed by atoms with E-state index in [4.69, 9.17) is 5.90 Å². The minimum atomic E-state index is 0.384. The largest absolute Gasteiger partial charge is 0.300 e. The Balaban J connectivity index is 0. The third-order valence-electron chi connectivity index (χ3n) is 0.844. The molecule has 0 aliphatic carbocycles. The fourth-order valence-electron chi connectivity index (χ4n) is 0.423. The number of hydrogen-bond donors (Lipinski definition) is 1. The highest BCUT2D eigenvalue weighted by atomic mass is 16.6. The van der Waals surface area contributed by atoms with Crippen LogP contribution in [0, 0.1) is 0 Å². The minimum Gasteiger partial charge on any atom is -0.300 e. The summed E-state index contributed by atoms with van der Waals surface area (Å²) in [4.78, 5) is 4.36. The monoisotopic (exact) mass is 155 g/mol. The van der Waals surface area contributed by atoms with Gasteiger partial charge >= 0.3 is 0 Å². The van der Waals surface area contributed by atoms with Crippen LogP contribution in [0.2, 0.25) is 0 Å². The van der Waals surface area contributed by atoms with Crippen molar-refractivity contribution in [3.63, 3.8) is 0 Å². The van der Waals surface area contributed by atoms with Gasteiger partial charge in [-0.25, -0.2) is 5.90 Å². The Morgan fingerprint density at radius 2 is 2.00 bits per heavy atom. The highest BCUT2D eigenvalue weighted by molar-refractivity contribution is 5.21. The third kappa shape index (κ3) is 9.14. The van der Waals surface area contributed by atoms with Crippen LogP contribution in [0.15, 0.2) is 37.0 Å². The smallest absolute Gasteiger partial charge is 0.0929 e. The summed E-state index contributed by atoms with van der Waals surface area (Å²) in [7, 11) is 0. The van der Waals surface area contributed by atoms with Gasteiger partial charge in [0, 0.05) is 0 Å². The standard InChI is InChI=1S/C7H11NO.C2H6/c1-3-5-7(4-2)6-9-8;1-2/h3-5H,1-2,6,8H2;1-2H3/b7-5+;. The van der Waals surface area contributed by atoms with Gasteiger partial charge in [0.1, 0.15) is 0 Å². The molecule has 0 heterocycles. The molecule has 2 heteroatoms. The average Bonchev–Trinajstić information content (AvgIpc) is 2.08. The molecule has 0 fully saturated rings. The molecule has 0 aliphatic heterocycles. The van der Waals surface area contributed by atoms with Gasteiger partial charge in [0.25, 0.3) is 0 Å². The maximum absolute atomic E-state index is 4.81. The molecule has 0 amide bonds. The van der Waals surface area contributed by atoms with Gasteiger partial charge in [0.05, 0.1) is 6.61 Å². The number of rotatable bonds is 4. The molecule has 0 bridgehead atoms. The second-order valence-electron chi connectivity index (χ2n) is 1.49. The van der Waals surface area contributed by atoms with Gasteiger partial charge in [-0.2, -0.15) is 0 Å². The van der Waals surface area contributed by atoms with Gasteiger partial charge in [0.15, 0.2) is 0 Å².